The molecule has 0 aliphatic rings. The highest BCUT2D eigenvalue weighted by Gasteiger charge is 2.17. The molecule has 8 nitrogen and oxygen atoms in total. The van der Waals surface area contributed by atoms with Crippen molar-refractivity contribution in [2.75, 3.05) is 26.6 Å². The minimum absolute atomic E-state index is 0.194. The molecule has 8 heteroatoms. The molecule has 0 aliphatic carbocycles. The summed E-state index contributed by atoms with van der Waals surface area (Å²) < 4.78 is 21.1. The Kier molecular flexibility index (Phi) is 6.56. The Bertz CT molecular complexity index is 987. The van der Waals surface area contributed by atoms with E-state index in [9.17, 15) is 4.79 Å². The number of carbonyl (C=O) groups excluding carboxylic acids is 1. The minimum atomic E-state index is -0.290. The minimum Gasteiger partial charge on any atom is -0.493 e. The lowest BCUT2D eigenvalue weighted by Crippen LogP contribution is -2.12. The summed E-state index contributed by atoms with van der Waals surface area (Å²) in [5.41, 5.74) is 2.06. The molecule has 3 rings (SSSR count). The first kappa shape index (κ1) is 21.2. The highest BCUT2D eigenvalue weighted by molar-refractivity contribution is 6.05. The van der Waals surface area contributed by atoms with Crippen LogP contribution in [0, 0.1) is 0 Å². The third-order valence-corrected chi connectivity index (χ3v) is 4.48. The van der Waals surface area contributed by atoms with Gasteiger partial charge in [0.05, 0.1) is 21.3 Å². The summed E-state index contributed by atoms with van der Waals surface area (Å²) in [4.78, 5) is 17.1. The molecular formula is C22H25N3O5. The first-order valence-corrected chi connectivity index (χ1v) is 9.48. The highest BCUT2D eigenvalue weighted by atomic mass is 16.5. The Hall–Kier alpha value is -3.55. The molecule has 0 atom stereocenters. The van der Waals surface area contributed by atoms with Crippen LogP contribution in [0.3, 0.4) is 0 Å². The topological polar surface area (TPSA) is 95.7 Å². The van der Waals surface area contributed by atoms with Crippen LogP contribution in [-0.2, 0) is 6.42 Å². The molecule has 0 spiro atoms. The molecule has 1 heterocycles. The van der Waals surface area contributed by atoms with E-state index < -0.39 is 0 Å². The molecular weight excluding hydrogens is 386 g/mol. The molecule has 0 saturated heterocycles. The third kappa shape index (κ3) is 4.71. The Morgan fingerprint density at radius 1 is 1.03 bits per heavy atom. The highest BCUT2D eigenvalue weighted by Crippen LogP contribution is 2.38. The number of amides is 1. The van der Waals surface area contributed by atoms with Crippen molar-refractivity contribution in [3.05, 3.63) is 59.2 Å². The van der Waals surface area contributed by atoms with E-state index in [0.29, 0.717) is 46.6 Å². The number of hydrogen-bond donors (Lipinski definition) is 1. The van der Waals surface area contributed by atoms with Crippen molar-refractivity contribution in [3.8, 4) is 17.2 Å². The number of nitrogens with zero attached hydrogens (tertiary/aromatic N) is 2. The van der Waals surface area contributed by atoms with Gasteiger partial charge < -0.3 is 24.1 Å². The molecule has 3 aromatic rings. The smallest absolute Gasteiger partial charge is 0.255 e. The summed E-state index contributed by atoms with van der Waals surface area (Å²) in [6.07, 6.45) is 0.553. The van der Waals surface area contributed by atoms with E-state index in [4.69, 9.17) is 18.7 Å². The molecule has 158 valence electrons. The zero-order valence-corrected chi connectivity index (χ0v) is 17.7. The van der Waals surface area contributed by atoms with Gasteiger partial charge in [0.2, 0.25) is 11.6 Å². The van der Waals surface area contributed by atoms with Crippen molar-refractivity contribution >= 4 is 11.6 Å². The van der Waals surface area contributed by atoms with E-state index in [2.05, 4.69) is 15.5 Å². The maximum Gasteiger partial charge on any atom is 0.255 e. The summed E-state index contributed by atoms with van der Waals surface area (Å²) in [6, 6.07) is 10.7. The van der Waals surface area contributed by atoms with Gasteiger partial charge in [0.15, 0.2) is 17.3 Å². The lowest BCUT2D eigenvalue weighted by molar-refractivity contribution is 0.102. The van der Waals surface area contributed by atoms with Gasteiger partial charge in [-0.05, 0) is 29.8 Å². The molecule has 0 radical (unpaired) electrons. The van der Waals surface area contributed by atoms with Crippen LogP contribution in [-0.4, -0.2) is 37.4 Å². The van der Waals surface area contributed by atoms with E-state index in [-0.39, 0.29) is 11.8 Å². The average molecular weight is 411 g/mol. The normalized spacial score (nSPS) is 10.7. The lowest BCUT2D eigenvalue weighted by atomic mass is 10.1. The van der Waals surface area contributed by atoms with Gasteiger partial charge in [0.1, 0.15) is 0 Å². The van der Waals surface area contributed by atoms with Crippen LogP contribution >= 0.6 is 0 Å². The fourth-order valence-corrected chi connectivity index (χ4v) is 2.88. The molecule has 0 fully saturated rings. The van der Waals surface area contributed by atoms with Crippen molar-refractivity contribution in [1.82, 2.24) is 10.1 Å². The molecule has 0 unspecified atom stereocenters. The molecule has 2 aromatic carbocycles. The van der Waals surface area contributed by atoms with Gasteiger partial charge in [-0.3, -0.25) is 4.79 Å². The van der Waals surface area contributed by atoms with Crippen LogP contribution in [0.15, 0.2) is 40.9 Å². The summed E-state index contributed by atoms with van der Waals surface area (Å²) in [5, 5.41) is 6.87. The molecule has 0 saturated carbocycles. The lowest BCUT2D eigenvalue weighted by Gasteiger charge is -2.14. The number of carbonyl (C=O) groups is 1. The third-order valence-electron chi connectivity index (χ3n) is 4.48. The van der Waals surface area contributed by atoms with Crippen LogP contribution in [0.5, 0.6) is 17.2 Å². The second kappa shape index (κ2) is 9.30. The van der Waals surface area contributed by atoms with Gasteiger partial charge in [-0.1, -0.05) is 31.1 Å². The van der Waals surface area contributed by atoms with Crippen molar-refractivity contribution in [1.29, 1.82) is 0 Å². The SMILES string of the molecule is COc1cc(C(=O)Nc2ccc(Cc3noc(C(C)C)n3)cc2)cc(OC)c1OC. The Balaban J connectivity index is 1.71. The summed E-state index contributed by atoms with van der Waals surface area (Å²) in [5.74, 6) is 2.42. The predicted octanol–water partition coefficient (Wildman–Crippen LogP) is 4.06. The first-order valence-electron chi connectivity index (χ1n) is 9.48. The molecule has 30 heavy (non-hydrogen) atoms. The second-order valence-corrected chi connectivity index (χ2v) is 6.95. The van der Waals surface area contributed by atoms with Crippen molar-refractivity contribution in [3.63, 3.8) is 0 Å². The monoisotopic (exact) mass is 411 g/mol. The molecule has 1 aromatic heterocycles. The van der Waals surface area contributed by atoms with Crippen LogP contribution < -0.4 is 19.5 Å². The number of rotatable bonds is 8. The second-order valence-electron chi connectivity index (χ2n) is 6.95. The van der Waals surface area contributed by atoms with Gasteiger partial charge in [-0.25, -0.2) is 0 Å². The average Bonchev–Trinajstić information content (AvgIpc) is 3.22. The van der Waals surface area contributed by atoms with Crippen LogP contribution in [0.25, 0.3) is 0 Å². The summed E-state index contributed by atoms with van der Waals surface area (Å²) in [7, 11) is 4.52. The van der Waals surface area contributed by atoms with Crippen molar-refractivity contribution < 1.29 is 23.5 Å². The molecule has 1 amide bonds. The number of benzene rings is 2. The Morgan fingerprint density at radius 2 is 1.67 bits per heavy atom. The largest absolute Gasteiger partial charge is 0.493 e. The number of methoxy groups -OCH3 is 3. The molecule has 1 N–H and O–H groups in total. The van der Waals surface area contributed by atoms with Crippen molar-refractivity contribution in [2.45, 2.75) is 26.2 Å². The number of anilines is 1. The van der Waals surface area contributed by atoms with Crippen LogP contribution in [0.1, 0.15) is 47.4 Å². The van der Waals surface area contributed by atoms with Crippen LogP contribution in [0.2, 0.25) is 0 Å². The van der Waals surface area contributed by atoms with Crippen LogP contribution in [0.4, 0.5) is 5.69 Å². The summed E-state index contributed by atoms with van der Waals surface area (Å²) >= 11 is 0. The Labute approximate surface area is 175 Å². The fourth-order valence-electron chi connectivity index (χ4n) is 2.88. The predicted molar refractivity (Wildman–Crippen MR) is 112 cm³/mol. The van der Waals surface area contributed by atoms with Gasteiger partial charge in [-0.15, -0.1) is 0 Å². The zero-order chi connectivity index (χ0) is 21.7. The number of nitrogens with one attached hydrogen (secondary N) is 1. The van der Waals surface area contributed by atoms with E-state index in [1.54, 1.807) is 12.1 Å². The van der Waals surface area contributed by atoms with Crippen molar-refractivity contribution in [2.24, 2.45) is 0 Å². The number of aromatic nitrogens is 2. The first-order chi connectivity index (χ1) is 14.4. The number of ether oxygens (including phenoxy) is 3. The summed E-state index contributed by atoms with van der Waals surface area (Å²) in [6.45, 7) is 4.01. The van der Waals surface area contributed by atoms with E-state index >= 15 is 0 Å². The van der Waals surface area contributed by atoms with Gasteiger partial charge in [0.25, 0.3) is 5.91 Å². The van der Waals surface area contributed by atoms with Gasteiger partial charge in [0, 0.05) is 23.6 Å². The molecule has 0 aliphatic heterocycles. The maximum absolute atomic E-state index is 12.7. The van der Waals surface area contributed by atoms with Gasteiger partial charge >= 0.3 is 0 Å². The van der Waals surface area contributed by atoms with Gasteiger partial charge in [-0.2, -0.15) is 4.98 Å². The quantitative estimate of drug-likeness (QED) is 0.597. The van der Waals surface area contributed by atoms with E-state index in [0.717, 1.165) is 5.56 Å². The fraction of sp³-hybridized carbons (Fsp3) is 0.318. The molecule has 0 bridgehead atoms. The zero-order valence-electron chi connectivity index (χ0n) is 17.7. The standard InChI is InChI=1S/C22H25N3O5/c1-13(2)22-24-19(25-30-22)10-14-6-8-16(9-7-14)23-21(26)15-11-17(27-3)20(29-5)18(12-15)28-4/h6-9,11-13H,10H2,1-5H3,(H,23,26). The van der Waals surface area contributed by atoms with E-state index in [1.807, 2.05) is 38.1 Å². The van der Waals surface area contributed by atoms with E-state index in [1.165, 1.54) is 21.3 Å². The maximum atomic E-state index is 12.7. The Morgan fingerprint density at radius 3 is 2.17 bits per heavy atom. The number of hydrogen-bond acceptors (Lipinski definition) is 7.